The first-order valence-electron chi connectivity index (χ1n) is 9.96. The number of amides is 1. The molecular weight excluding hydrogens is 412 g/mol. The van der Waals surface area contributed by atoms with Gasteiger partial charge in [0.25, 0.3) is 11.2 Å². The fourth-order valence-electron chi connectivity index (χ4n) is 3.57. The highest BCUT2D eigenvalue weighted by Gasteiger charge is 2.19. The van der Waals surface area contributed by atoms with E-state index in [2.05, 4.69) is 15.4 Å². The third kappa shape index (κ3) is 3.73. The van der Waals surface area contributed by atoms with Gasteiger partial charge in [0.2, 0.25) is 5.91 Å². The summed E-state index contributed by atoms with van der Waals surface area (Å²) in [5.74, 6) is -0.358. The maximum atomic E-state index is 12.9. The van der Waals surface area contributed by atoms with Crippen molar-refractivity contribution in [3.63, 3.8) is 0 Å². The van der Waals surface area contributed by atoms with Crippen LogP contribution >= 0.6 is 0 Å². The van der Waals surface area contributed by atoms with Crippen molar-refractivity contribution in [2.75, 3.05) is 5.32 Å². The average Bonchev–Trinajstić information content (AvgIpc) is 3.21. The molecule has 1 amide bonds. The quantitative estimate of drug-likeness (QED) is 0.369. The molecule has 10 nitrogen and oxygen atoms in total. The first-order valence-corrected chi connectivity index (χ1v) is 9.96. The molecule has 0 aliphatic heterocycles. The van der Waals surface area contributed by atoms with E-state index in [1.165, 1.54) is 33.9 Å². The summed E-state index contributed by atoms with van der Waals surface area (Å²) in [4.78, 5) is 40.6. The van der Waals surface area contributed by atoms with E-state index in [1.807, 2.05) is 32.0 Å². The number of hydrogen-bond donors (Lipinski definition) is 1. The lowest BCUT2D eigenvalue weighted by Gasteiger charge is -2.13. The molecule has 0 atom stereocenters. The molecule has 2 aromatic carbocycles. The van der Waals surface area contributed by atoms with E-state index in [0.717, 1.165) is 23.2 Å². The Morgan fingerprint density at radius 3 is 2.72 bits per heavy atom. The van der Waals surface area contributed by atoms with Crippen LogP contribution in [0, 0.1) is 17.0 Å². The molecule has 4 rings (SSSR count). The number of para-hydroxylation sites is 3. The van der Waals surface area contributed by atoms with Crippen molar-refractivity contribution in [1.29, 1.82) is 0 Å². The highest BCUT2D eigenvalue weighted by Crippen LogP contribution is 2.24. The fourth-order valence-corrected chi connectivity index (χ4v) is 3.57. The average molecular weight is 432 g/mol. The first kappa shape index (κ1) is 20.9. The topological polar surface area (TPSA) is 125 Å². The van der Waals surface area contributed by atoms with Crippen molar-refractivity contribution < 1.29 is 9.72 Å². The molecule has 0 aliphatic carbocycles. The minimum absolute atomic E-state index is 0.156. The normalized spacial score (nSPS) is 10.9. The van der Waals surface area contributed by atoms with E-state index in [-0.39, 0.29) is 34.9 Å². The summed E-state index contributed by atoms with van der Waals surface area (Å²) in [6.07, 6.45) is 3.30. The highest BCUT2D eigenvalue weighted by molar-refractivity contribution is 5.92. The molecule has 0 aliphatic rings. The van der Waals surface area contributed by atoms with E-state index in [4.69, 9.17) is 0 Å². The summed E-state index contributed by atoms with van der Waals surface area (Å²) in [6.45, 7) is 3.68. The van der Waals surface area contributed by atoms with Crippen LogP contribution in [0.15, 0.2) is 59.8 Å². The smallest absolute Gasteiger partial charge is 0.294 e. The van der Waals surface area contributed by atoms with Gasteiger partial charge in [0.05, 0.1) is 11.1 Å². The third-order valence-corrected chi connectivity index (χ3v) is 5.18. The van der Waals surface area contributed by atoms with Crippen molar-refractivity contribution >= 4 is 28.3 Å². The van der Waals surface area contributed by atoms with E-state index in [1.54, 1.807) is 12.1 Å². The number of aromatic nitrogens is 4. The number of rotatable bonds is 6. The highest BCUT2D eigenvalue weighted by atomic mass is 16.6. The van der Waals surface area contributed by atoms with Gasteiger partial charge in [0.1, 0.15) is 23.9 Å². The molecule has 32 heavy (non-hydrogen) atoms. The van der Waals surface area contributed by atoms with Crippen LogP contribution in [0.4, 0.5) is 11.4 Å². The van der Waals surface area contributed by atoms with Crippen molar-refractivity contribution in [1.82, 2.24) is 19.3 Å². The Hall–Kier alpha value is -4.34. The van der Waals surface area contributed by atoms with Gasteiger partial charge in [-0.2, -0.15) is 5.10 Å². The fraction of sp³-hybridized carbons (Fsp3) is 0.182. The van der Waals surface area contributed by atoms with Crippen LogP contribution in [0.5, 0.6) is 0 Å². The van der Waals surface area contributed by atoms with Crippen LogP contribution in [0.2, 0.25) is 0 Å². The lowest BCUT2D eigenvalue weighted by molar-refractivity contribution is -0.384. The first-order chi connectivity index (χ1) is 15.4. The standard InChI is InChI=1S/C22H20N6O4/c1-3-15-8-6-7-14(2)20(15)25-19(29)12-26-13-23-21-16(22(26)30)11-24-27(21)17-9-4-5-10-18(17)28(31)32/h4-11,13H,3,12H2,1-2H3,(H,25,29). The van der Waals surface area contributed by atoms with Gasteiger partial charge in [-0.3, -0.25) is 24.3 Å². The summed E-state index contributed by atoms with van der Waals surface area (Å²) < 4.78 is 2.44. The molecule has 1 N–H and O–H groups in total. The lowest BCUT2D eigenvalue weighted by Crippen LogP contribution is -2.28. The summed E-state index contributed by atoms with van der Waals surface area (Å²) in [7, 11) is 0. The van der Waals surface area contributed by atoms with E-state index in [9.17, 15) is 19.7 Å². The zero-order valence-electron chi connectivity index (χ0n) is 17.5. The molecule has 0 bridgehead atoms. The molecule has 0 fully saturated rings. The monoisotopic (exact) mass is 432 g/mol. The number of fused-ring (bicyclic) bond motifs is 1. The molecule has 10 heteroatoms. The van der Waals surface area contributed by atoms with Gasteiger partial charge in [0, 0.05) is 11.8 Å². The van der Waals surface area contributed by atoms with Gasteiger partial charge in [-0.15, -0.1) is 0 Å². The number of anilines is 1. The molecule has 0 radical (unpaired) electrons. The Bertz CT molecular complexity index is 1410. The van der Waals surface area contributed by atoms with Crippen molar-refractivity contribution in [2.24, 2.45) is 0 Å². The molecular formula is C22H20N6O4. The minimum Gasteiger partial charge on any atom is -0.324 e. The second-order valence-electron chi connectivity index (χ2n) is 7.23. The Labute approximate surface area is 182 Å². The summed E-state index contributed by atoms with van der Waals surface area (Å²) >= 11 is 0. The number of benzene rings is 2. The molecule has 0 saturated carbocycles. The number of hydrogen-bond acceptors (Lipinski definition) is 6. The Morgan fingerprint density at radius 1 is 1.19 bits per heavy atom. The van der Waals surface area contributed by atoms with E-state index >= 15 is 0 Å². The maximum absolute atomic E-state index is 12.9. The summed E-state index contributed by atoms with van der Waals surface area (Å²) in [5.41, 5.74) is 2.43. The number of nitrogens with one attached hydrogen (secondary N) is 1. The predicted molar refractivity (Wildman–Crippen MR) is 119 cm³/mol. The van der Waals surface area contributed by atoms with Gasteiger partial charge < -0.3 is 5.32 Å². The van der Waals surface area contributed by atoms with Gasteiger partial charge in [-0.1, -0.05) is 37.3 Å². The third-order valence-electron chi connectivity index (χ3n) is 5.18. The second-order valence-corrected chi connectivity index (χ2v) is 7.23. The van der Waals surface area contributed by atoms with Crippen molar-refractivity contribution in [3.05, 3.63) is 86.6 Å². The SMILES string of the molecule is CCc1cccc(C)c1NC(=O)Cn1cnc2c(cnn2-c2ccccc2[N+](=O)[O-])c1=O. The van der Waals surface area contributed by atoms with Gasteiger partial charge >= 0.3 is 0 Å². The zero-order valence-corrected chi connectivity index (χ0v) is 17.5. The van der Waals surface area contributed by atoms with Crippen LogP contribution in [-0.4, -0.2) is 30.2 Å². The van der Waals surface area contributed by atoms with Crippen LogP contribution < -0.4 is 10.9 Å². The number of aryl methyl sites for hydroxylation is 2. The molecule has 0 unspecified atom stereocenters. The van der Waals surface area contributed by atoms with Crippen LogP contribution in [-0.2, 0) is 17.8 Å². The number of nitrogens with zero attached hydrogens (tertiary/aromatic N) is 5. The van der Waals surface area contributed by atoms with Crippen LogP contribution in [0.1, 0.15) is 18.1 Å². The molecule has 2 aromatic heterocycles. The second kappa shape index (κ2) is 8.42. The summed E-state index contributed by atoms with van der Waals surface area (Å²) in [6, 6.07) is 11.8. The molecule has 2 heterocycles. The summed E-state index contributed by atoms with van der Waals surface area (Å²) in [5, 5.41) is 18.5. The minimum atomic E-state index is -0.523. The molecule has 0 saturated heterocycles. The number of nitro benzene ring substituents is 1. The van der Waals surface area contributed by atoms with E-state index in [0.29, 0.717) is 0 Å². The van der Waals surface area contributed by atoms with Gasteiger partial charge in [0.15, 0.2) is 5.65 Å². The zero-order chi connectivity index (χ0) is 22.8. The Kier molecular flexibility index (Phi) is 5.50. The van der Waals surface area contributed by atoms with Crippen LogP contribution in [0.3, 0.4) is 0 Å². The molecule has 162 valence electrons. The lowest BCUT2D eigenvalue weighted by atomic mass is 10.1. The van der Waals surface area contributed by atoms with E-state index < -0.39 is 10.5 Å². The predicted octanol–water partition coefficient (Wildman–Crippen LogP) is 3.00. The van der Waals surface area contributed by atoms with Gasteiger partial charge in [-0.25, -0.2) is 9.67 Å². The number of carbonyl (C=O) groups is 1. The molecule has 4 aromatic rings. The number of carbonyl (C=O) groups excluding carboxylic acids is 1. The van der Waals surface area contributed by atoms with Gasteiger partial charge in [-0.05, 0) is 30.5 Å². The van der Waals surface area contributed by atoms with Crippen molar-refractivity contribution in [3.8, 4) is 5.69 Å². The van der Waals surface area contributed by atoms with Crippen LogP contribution in [0.25, 0.3) is 16.7 Å². The van der Waals surface area contributed by atoms with Crippen molar-refractivity contribution in [2.45, 2.75) is 26.8 Å². The number of nitro groups is 1. The Morgan fingerprint density at radius 2 is 1.97 bits per heavy atom. The molecule has 0 spiro atoms. The Balaban J connectivity index is 1.66. The largest absolute Gasteiger partial charge is 0.324 e. The maximum Gasteiger partial charge on any atom is 0.294 e.